The molecule has 0 spiro atoms. The summed E-state index contributed by atoms with van der Waals surface area (Å²) in [6.45, 7) is 15.1. The zero-order valence-electron chi connectivity index (χ0n) is 28.9. The highest BCUT2D eigenvalue weighted by Crippen LogP contribution is 2.32. The number of rotatable bonds is 10. The highest BCUT2D eigenvalue weighted by atomic mass is 16.2. The fraction of sp³-hybridized carbons (Fsp3) is 0.273. The van der Waals surface area contributed by atoms with E-state index < -0.39 is 5.92 Å². The van der Waals surface area contributed by atoms with Crippen molar-refractivity contribution in [2.24, 2.45) is 0 Å². The molecule has 0 aliphatic carbocycles. The maximum atomic E-state index is 14.0. The third kappa shape index (κ3) is 8.16. The number of nitrogens with one attached hydrogen (secondary N) is 1. The monoisotopic (exact) mass is 621 g/mol. The molecule has 5 aromatic rings. The molecule has 5 aromatic carbocycles. The van der Waals surface area contributed by atoms with Gasteiger partial charge in [0.2, 0.25) is 5.91 Å². The van der Waals surface area contributed by atoms with E-state index in [4.69, 9.17) is 0 Å². The summed E-state index contributed by atoms with van der Waals surface area (Å²) in [5.74, 6) is -0.321. The van der Waals surface area contributed by atoms with E-state index in [1.165, 1.54) is 27.8 Å². The van der Waals surface area contributed by atoms with Crippen LogP contribution in [0, 0.1) is 20.8 Å². The van der Waals surface area contributed by atoms with Crippen molar-refractivity contribution in [3.63, 3.8) is 0 Å². The van der Waals surface area contributed by atoms with Gasteiger partial charge in [-0.3, -0.25) is 9.59 Å². The molecule has 1 atom stereocenters. The molecule has 3 nitrogen and oxygen atoms in total. The molecule has 5 rings (SSSR count). The average Bonchev–Trinajstić information content (AvgIpc) is 3.04. The van der Waals surface area contributed by atoms with Crippen LogP contribution >= 0.6 is 0 Å². The molecule has 0 unspecified atom stereocenters. The fourth-order valence-electron chi connectivity index (χ4n) is 6.45. The number of carbonyl (C=O) groups excluding carboxylic acids is 2. The standard InChI is InChI=1S/C44H47NO2/c1-8-9-41(46)36-12-10-32(11-13-36)28-40(35-16-14-33(15-17-35)34-18-22-38(23-19-34)44(5,6)7)43(47)45-39-24-20-37(21-25-39)42-30(3)26-29(2)27-31(42)4/h10-27,40H,8-9,28H2,1-7H3,(H,45,47)/t40-/m0/s1. The Morgan fingerprint density at radius 1 is 0.681 bits per heavy atom. The molecule has 0 bridgehead atoms. The minimum Gasteiger partial charge on any atom is -0.326 e. The molecule has 1 N–H and O–H groups in total. The number of amides is 1. The maximum Gasteiger partial charge on any atom is 0.232 e. The summed E-state index contributed by atoms with van der Waals surface area (Å²) in [5, 5.41) is 3.20. The van der Waals surface area contributed by atoms with E-state index >= 15 is 0 Å². The van der Waals surface area contributed by atoms with Gasteiger partial charge in [0.25, 0.3) is 0 Å². The van der Waals surface area contributed by atoms with Crippen LogP contribution < -0.4 is 5.32 Å². The number of hydrogen-bond acceptors (Lipinski definition) is 2. The molecule has 47 heavy (non-hydrogen) atoms. The van der Waals surface area contributed by atoms with Gasteiger partial charge in [-0.1, -0.05) is 130 Å². The molecule has 0 aromatic heterocycles. The first kappa shape index (κ1) is 33.6. The normalized spacial score (nSPS) is 12.1. The largest absolute Gasteiger partial charge is 0.326 e. The smallest absolute Gasteiger partial charge is 0.232 e. The van der Waals surface area contributed by atoms with E-state index in [1.54, 1.807) is 0 Å². The first-order valence-corrected chi connectivity index (χ1v) is 16.7. The van der Waals surface area contributed by atoms with E-state index in [2.05, 4.69) is 120 Å². The van der Waals surface area contributed by atoms with Gasteiger partial charge in [-0.25, -0.2) is 0 Å². The fourth-order valence-corrected chi connectivity index (χ4v) is 6.45. The summed E-state index contributed by atoms with van der Waals surface area (Å²) in [7, 11) is 0. The van der Waals surface area contributed by atoms with Crippen LogP contribution in [0.2, 0.25) is 0 Å². The summed E-state index contributed by atoms with van der Waals surface area (Å²) in [6.07, 6.45) is 1.88. The molecule has 0 radical (unpaired) electrons. The van der Waals surface area contributed by atoms with Gasteiger partial charge in [-0.15, -0.1) is 0 Å². The first-order valence-electron chi connectivity index (χ1n) is 16.7. The summed E-state index contributed by atoms with van der Waals surface area (Å²) in [5.41, 5.74) is 13.2. The van der Waals surface area contributed by atoms with Gasteiger partial charge in [0.05, 0.1) is 5.92 Å². The number of carbonyl (C=O) groups is 2. The number of hydrogen-bond donors (Lipinski definition) is 1. The molecule has 0 aliphatic rings. The molecule has 0 aliphatic heterocycles. The molecule has 3 heteroatoms. The van der Waals surface area contributed by atoms with Crippen molar-refractivity contribution in [1.29, 1.82) is 0 Å². The van der Waals surface area contributed by atoms with Gasteiger partial charge in [-0.2, -0.15) is 0 Å². The lowest BCUT2D eigenvalue weighted by molar-refractivity contribution is -0.117. The minimum absolute atomic E-state index is 0.0612. The number of Topliss-reactive ketones (excluding diaryl/α,β-unsaturated/α-hetero) is 1. The molecule has 0 fully saturated rings. The van der Waals surface area contributed by atoms with Gasteiger partial charge in [0, 0.05) is 17.7 Å². The number of benzene rings is 5. The van der Waals surface area contributed by atoms with Gasteiger partial charge >= 0.3 is 0 Å². The Morgan fingerprint density at radius 2 is 1.21 bits per heavy atom. The van der Waals surface area contributed by atoms with Crippen LogP contribution in [-0.4, -0.2) is 11.7 Å². The zero-order valence-corrected chi connectivity index (χ0v) is 28.9. The second-order valence-corrected chi connectivity index (χ2v) is 13.9. The van der Waals surface area contributed by atoms with Gasteiger partial charge < -0.3 is 5.32 Å². The van der Waals surface area contributed by atoms with Gasteiger partial charge in [0.15, 0.2) is 5.78 Å². The van der Waals surface area contributed by atoms with E-state index in [0.29, 0.717) is 12.8 Å². The third-order valence-corrected chi connectivity index (χ3v) is 9.02. The topological polar surface area (TPSA) is 46.2 Å². The second-order valence-electron chi connectivity index (χ2n) is 13.9. The maximum absolute atomic E-state index is 14.0. The summed E-state index contributed by atoms with van der Waals surface area (Å²) in [4.78, 5) is 26.4. The first-order chi connectivity index (χ1) is 22.4. The Hall–Kier alpha value is -4.76. The van der Waals surface area contributed by atoms with Crippen molar-refractivity contribution in [2.75, 3.05) is 5.32 Å². The predicted octanol–water partition coefficient (Wildman–Crippen LogP) is 11.2. The van der Waals surface area contributed by atoms with Crippen LogP contribution in [0.3, 0.4) is 0 Å². The van der Waals surface area contributed by atoms with Crippen LogP contribution in [0.5, 0.6) is 0 Å². The average molecular weight is 622 g/mol. The van der Waals surface area contributed by atoms with Crippen molar-refractivity contribution in [2.45, 2.75) is 79.1 Å². The van der Waals surface area contributed by atoms with E-state index in [0.717, 1.165) is 45.5 Å². The van der Waals surface area contributed by atoms with Crippen molar-refractivity contribution in [3.05, 3.63) is 148 Å². The van der Waals surface area contributed by atoms with E-state index in [-0.39, 0.29) is 17.1 Å². The molecular formula is C44H47NO2. The molecule has 0 saturated heterocycles. The molecule has 1 amide bonds. The highest BCUT2D eigenvalue weighted by Gasteiger charge is 2.22. The SMILES string of the molecule is CCCC(=O)c1ccc(C[C@H](C(=O)Nc2ccc(-c3c(C)cc(C)cc3C)cc2)c2ccc(-c3ccc(C(C)(C)C)cc3)cc2)cc1. The molecule has 0 saturated carbocycles. The van der Waals surface area contributed by atoms with E-state index in [9.17, 15) is 9.59 Å². The lowest BCUT2D eigenvalue weighted by atomic mass is 9.86. The Morgan fingerprint density at radius 3 is 1.74 bits per heavy atom. The van der Waals surface area contributed by atoms with Crippen LogP contribution in [0.4, 0.5) is 5.69 Å². The van der Waals surface area contributed by atoms with Crippen LogP contribution in [0.15, 0.2) is 109 Å². The minimum atomic E-state index is -0.411. The van der Waals surface area contributed by atoms with Crippen molar-refractivity contribution < 1.29 is 9.59 Å². The molecule has 0 heterocycles. The number of anilines is 1. The second kappa shape index (κ2) is 14.3. The van der Waals surface area contributed by atoms with E-state index in [1.807, 2.05) is 43.3 Å². The zero-order chi connectivity index (χ0) is 33.7. The number of ketones is 1. The van der Waals surface area contributed by atoms with Crippen LogP contribution in [0.1, 0.15) is 90.2 Å². The lowest BCUT2D eigenvalue weighted by Crippen LogP contribution is -2.23. The summed E-state index contributed by atoms with van der Waals surface area (Å²) >= 11 is 0. The van der Waals surface area contributed by atoms with Crippen LogP contribution in [0.25, 0.3) is 22.3 Å². The predicted molar refractivity (Wildman–Crippen MR) is 197 cm³/mol. The molecular weight excluding hydrogens is 574 g/mol. The highest BCUT2D eigenvalue weighted by molar-refractivity contribution is 5.97. The lowest BCUT2D eigenvalue weighted by Gasteiger charge is -2.20. The Bertz CT molecular complexity index is 1820. The summed E-state index contributed by atoms with van der Waals surface area (Å²) < 4.78 is 0. The molecule has 240 valence electrons. The number of aryl methyl sites for hydroxylation is 3. The van der Waals surface area contributed by atoms with Gasteiger partial charge in [-0.05, 0) is 101 Å². The van der Waals surface area contributed by atoms with Crippen molar-refractivity contribution in [3.8, 4) is 22.3 Å². The third-order valence-electron chi connectivity index (χ3n) is 9.02. The van der Waals surface area contributed by atoms with Crippen molar-refractivity contribution in [1.82, 2.24) is 0 Å². The Balaban J connectivity index is 1.40. The Kier molecular flexibility index (Phi) is 10.3. The van der Waals surface area contributed by atoms with Crippen molar-refractivity contribution >= 4 is 17.4 Å². The quantitative estimate of drug-likeness (QED) is 0.158. The summed E-state index contributed by atoms with van der Waals surface area (Å²) in [6, 6.07) is 37.4. The Labute approximate surface area is 281 Å². The van der Waals surface area contributed by atoms with Crippen LogP contribution in [-0.2, 0) is 16.6 Å². The van der Waals surface area contributed by atoms with Gasteiger partial charge in [0.1, 0.15) is 0 Å².